The molecule has 43 heavy (non-hydrogen) atoms. The lowest BCUT2D eigenvalue weighted by Crippen LogP contribution is -2.52. The second-order valence-electron chi connectivity index (χ2n) is 10.6. The van der Waals surface area contributed by atoms with Crippen molar-refractivity contribution in [2.45, 2.75) is 51.7 Å². The van der Waals surface area contributed by atoms with E-state index in [4.69, 9.17) is 32.7 Å². The van der Waals surface area contributed by atoms with E-state index in [-0.39, 0.29) is 57.0 Å². The van der Waals surface area contributed by atoms with Crippen molar-refractivity contribution >= 4 is 50.7 Å². The minimum Gasteiger partial charge on any atom is -0.454 e. The number of anilines is 1. The molecule has 12 heteroatoms. The van der Waals surface area contributed by atoms with Gasteiger partial charge >= 0.3 is 0 Å². The summed E-state index contributed by atoms with van der Waals surface area (Å²) in [4.78, 5) is 29.0. The van der Waals surface area contributed by atoms with Crippen LogP contribution < -0.4 is 19.1 Å². The van der Waals surface area contributed by atoms with Gasteiger partial charge in [-0.15, -0.1) is 0 Å². The van der Waals surface area contributed by atoms with E-state index in [0.717, 1.165) is 11.8 Å². The number of hydrogen-bond acceptors (Lipinski definition) is 6. The van der Waals surface area contributed by atoms with Crippen molar-refractivity contribution in [1.29, 1.82) is 0 Å². The van der Waals surface area contributed by atoms with E-state index < -0.39 is 16.1 Å². The molecule has 0 aromatic heterocycles. The standard InChI is InChI=1S/C31H35Cl2N3O6S/c1-21(2)34-31(38)27(17-22-9-5-4-6-10-22)35(19-24-25(32)11-7-12-26(24)33)30(37)13-8-16-36(43(3,39)40)23-14-15-28-29(18-23)42-20-41-28/h4-7,9-12,14-15,18,21,27H,8,13,16-17,19-20H2,1-3H3,(H,34,38)/t27-/m0/s1. The Balaban J connectivity index is 1.61. The van der Waals surface area contributed by atoms with Gasteiger partial charge < -0.3 is 19.7 Å². The maximum absolute atomic E-state index is 14.0. The third kappa shape index (κ3) is 8.55. The number of hydrogen-bond donors (Lipinski definition) is 1. The Hall–Kier alpha value is -3.47. The first-order chi connectivity index (χ1) is 20.4. The highest BCUT2D eigenvalue weighted by molar-refractivity contribution is 7.92. The molecule has 0 fully saturated rings. The number of nitrogens with one attached hydrogen (secondary N) is 1. The molecule has 9 nitrogen and oxygen atoms in total. The van der Waals surface area contributed by atoms with Crippen molar-refractivity contribution in [2.75, 3.05) is 23.9 Å². The van der Waals surface area contributed by atoms with E-state index in [0.29, 0.717) is 32.8 Å². The Morgan fingerprint density at radius 1 is 0.953 bits per heavy atom. The molecule has 3 aromatic carbocycles. The number of sulfonamides is 1. The molecule has 3 aromatic rings. The average molecular weight is 649 g/mol. The van der Waals surface area contributed by atoms with Crippen LogP contribution in [0, 0.1) is 0 Å². The molecule has 1 atom stereocenters. The molecule has 2 amide bonds. The van der Waals surface area contributed by atoms with E-state index >= 15 is 0 Å². The third-order valence-corrected chi connectivity index (χ3v) is 8.79. The van der Waals surface area contributed by atoms with Crippen molar-refractivity contribution in [3.8, 4) is 11.5 Å². The molecule has 0 aliphatic carbocycles. The molecular weight excluding hydrogens is 613 g/mol. The zero-order valence-electron chi connectivity index (χ0n) is 24.3. The summed E-state index contributed by atoms with van der Waals surface area (Å²) in [6.45, 7) is 3.80. The van der Waals surface area contributed by atoms with Crippen molar-refractivity contribution in [1.82, 2.24) is 10.2 Å². The predicted molar refractivity (Wildman–Crippen MR) is 168 cm³/mol. The Morgan fingerprint density at radius 2 is 1.63 bits per heavy atom. The molecule has 0 saturated carbocycles. The first-order valence-corrected chi connectivity index (χ1v) is 16.5. The van der Waals surface area contributed by atoms with Crippen LogP contribution in [0.2, 0.25) is 10.0 Å². The molecule has 230 valence electrons. The van der Waals surface area contributed by atoms with Gasteiger partial charge in [-0.25, -0.2) is 8.42 Å². The topological polar surface area (TPSA) is 105 Å². The fraction of sp³-hybridized carbons (Fsp3) is 0.355. The van der Waals surface area contributed by atoms with Crippen LogP contribution >= 0.6 is 23.2 Å². The number of fused-ring (bicyclic) bond motifs is 1. The molecule has 0 spiro atoms. The van der Waals surface area contributed by atoms with Crippen molar-refractivity contribution in [3.05, 3.63) is 87.9 Å². The van der Waals surface area contributed by atoms with Crippen LogP contribution in [0.4, 0.5) is 5.69 Å². The highest BCUT2D eigenvalue weighted by Gasteiger charge is 2.32. The second-order valence-corrected chi connectivity index (χ2v) is 13.3. The van der Waals surface area contributed by atoms with Gasteiger partial charge in [0.1, 0.15) is 6.04 Å². The average Bonchev–Trinajstić information content (AvgIpc) is 3.42. The number of benzene rings is 3. The normalized spacial score (nSPS) is 13.1. The minimum atomic E-state index is -3.68. The van der Waals surface area contributed by atoms with Crippen LogP contribution in [0.25, 0.3) is 0 Å². The van der Waals surface area contributed by atoms with Gasteiger partial charge in [0.15, 0.2) is 11.5 Å². The minimum absolute atomic E-state index is 0.00168. The summed E-state index contributed by atoms with van der Waals surface area (Å²) in [5, 5.41) is 3.69. The summed E-state index contributed by atoms with van der Waals surface area (Å²) < 4.78 is 37.5. The van der Waals surface area contributed by atoms with Gasteiger partial charge in [-0.3, -0.25) is 13.9 Å². The van der Waals surface area contributed by atoms with Crippen LogP contribution in [0.1, 0.15) is 37.8 Å². The predicted octanol–water partition coefficient (Wildman–Crippen LogP) is 5.43. The lowest BCUT2D eigenvalue weighted by atomic mass is 10.0. The van der Waals surface area contributed by atoms with Gasteiger partial charge in [0.2, 0.25) is 28.6 Å². The van der Waals surface area contributed by atoms with E-state index in [1.807, 2.05) is 44.2 Å². The maximum atomic E-state index is 14.0. The molecule has 0 bridgehead atoms. The number of rotatable bonds is 13. The molecule has 1 N–H and O–H groups in total. The molecule has 0 radical (unpaired) electrons. The molecule has 1 heterocycles. The van der Waals surface area contributed by atoms with Crippen LogP contribution in [-0.2, 0) is 32.6 Å². The summed E-state index contributed by atoms with van der Waals surface area (Å²) in [7, 11) is -3.68. The lowest BCUT2D eigenvalue weighted by molar-refractivity contribution is -0.141. The van der Waals surface area contributed by atoms with Crippen molar-refractivity contribution in [2.24, 2.45) is 0 Å². The zero-order valence-corrected chi connectivity index (χ0v) is 26.6. The van der Waals surface area contributed by atoms with Gasteiger partial charge in [-0.1, -0.05) is 59.6 Å². The first kappa shape index (κ1) is 32.4. The summed E-state index contributed by atoms with van der Waals surface area (Å²) in [5.41, 5.74) is 1.80. The van der Waals surface area contributed by atoms with Gasteiger partial charge in [-0.2, -0.15) is 0 Å². The molecule has 1 aliphatic heterocycles. The largest absolute Gasteiger partial charge is 0.454 e. The number of ether oxygens (including phenoxy) is 2. The van der Waals surface area contributed by atoms with Crippen molar-refractivity contribution < 1.29 is 27.5 Å². The Labute approximate surface area is 262 Å². The zero-order chi connectivity index (χ0) is 31.1. The number of halogens is 2. The van der Waals surface area contributed by atoms with Crippen LogP contribution in [-0.4, -0.2) is 56.8 Å². The van der Waals surface area contributed by atoms with E-state index in [1.165, 1.54) is 9.21 Å². The van der Waals surface area contributed by atoms with Gasteiger partial charge in [0.05, 0.1) is 11.9 Å². The molecule has 0 unspecified atom stereocenters. The van der Waals surface area contributed by atoms with Crippen LogP contribution in [0.5, 0.6) is 11.5 Å². The smallest absolute Gasteiger partial charge is 0.243 e. The highest BCUT2D eigenvalue weighted by Crippen LogP contribution is 2.36. The van der Waals surface area contributed by atoms with Gasteiger partial charge in [0.25, 0.3) is 0 Å². The molecule has 0 saturated heterocycles. The van der Waals surface area contributed by atoms with Crippen molar-refractivity contribution in [3.63, 3.8) is 0 Å². The fourth-order valence-electron chi connectivity index (χ4n) is 4.83. The van der Waals surface area contributed by atoms with Gasteiger partial charge in [0, 0.05) is 53.6 Å². The van der Waals surface area contributed by atoms with Crippen LogP contribution in [0.3, 0.4) is 0 Å². The number of nitrogens with zero attached hydrogens (tertiary/aromatic N) is 2. The summed E-state index contributed by atoms with van der Waals surface area (Å²) in [5.74, 6) is 0.332. The molecule has 4 rings (SSSR count). The monoisotopic (exact) mass is 647 g/mol. The quantitative estimate of drug-likeness (QED) is 0.265. The Morgan fingerprint density at radius 3 is 2.28 bits per heavy atom. The lowest BCUT2D eigenvalue weighted by Gasteiger charge is -2.33. The SMILES string of the molecule is CC(C)NC(=O)[C@H](Cc1ccccc1)N(Cc1c(Cl)cccc1Cl)C(=O)CCCN(c1ccc2c(c1)OCO2)S(C)(=O)=O. The number of carbonyl (C=O) groups is 2. The number of amides is 2. The second kappa shape index (κ2) is 14.3. The Bertz CT molecular complexity index is 1530. The summed E-state index contributed by atoms with van der Waals surface area (Å²) in [6.07, 6.45) is 1.53. The van der Waals surface area contributed by atoms with E-state index in [2.05, 4.69) is 5.32 Å². The maximum Gasteiger partial charge on any atom is 0.243 e. The number of carbonyl (C=O) groups excluding carboxylic acids is 2. The molecule has 1 aliphatic rings. The third-order valence-electron chi connectivity index (χ3n) is 6.89. The summed E-state index contributed by atoms with van der Waals surface area (Å²) in [6, 6.07) is 18.4. The molecular formula is C31H35Cl2N3O6S. The van der Waals surface area contributed by atoms with E-state index in [9.17, 15) is 18.0 Å². The Kier molecular flexibility index (Phi) is 10.8. The van der Waals surface area contributed by atoms with E-state index in [1.54, 1.807) is 36.4 Å². The first-order valence-electron chi connectivity index (χ1n) is 13.9. The summed E-state index contributed by atoms with van der Waals surface area (Å²) >= 11 is 13.0. The highest BCUT2D eigenvalue weighted by atomic mass is 35.5. The fourth-order valence-corrected chi connectivity index (χ4v) is 6.31. The van der Waals surface area contributed by atoms with Gasteiger partial charge in [-0.05, 0) is 50.1 Å². The van der Waals surface area contributed by atoms with Crippen LogP contribution in [0.15, 0.2) is 66.7 Å².